The Labute approximate surface area is 61.4 Å². The monoisotopic (exact) mass is 145 g/mol. The molecule has 0 aromatic rings. The van der Waals surface area contributed by atoms with E-state index < -0.39 is 6.10 Å². The van der Waals surface area contributed by atoms with Crippen LogP contribution in [0.15, 0.2) is 5.18 Å². The van der Waals surface area contributed by atoms with Crippen molar-refractivity contribution in [3.63, 3.8) is 0 Å². The molecule has 0 bridgehead atoms. The molecule has 0 saturated heterocycles. The van der Waals surface area contributed by atoms with Crippen LogP contribution in [0, 0.1) is 4.91 Å². The maximum Gasteiger partial charge on any atom is 0.107 e. The van der Waals surface area contributed by atoms with Gasteiger partial charge in [-0.25, -0.2) is 0 Å². The second kappa shape index (κ2) is 6.68. The minimum atomic E-state index is -0.510. The van der Waals surface area contributed by atoms with E-state index in [4.69, 9.17) is 5.11 Å². The zero-order valence-electron chi connectivity index (χ0n) is 6.42. The fraction of sp³-hybridized carbons (Fsp3) is 1.00. The number of nitroso groups, excluding NO2 is 1. The van der Waals surface area contributed by atoms with E-state index >= 15 is 0 Å². The Bertz CT molecular complexity index is 85.7. The third kappa shape index (κ3) is 5.69. The highest BCUT2D eigenvalue weighted by molar-refractivity contribution is 4.57. The summed E-state index contributed by atoms with van der Waals surface area (Å²) in [5, 5.41) is 11.6. The molecule has 0 radical (unpaired) electrons. The average molecular weight is 145 g/mol. The molecule has 0 aromatic heterocycles. The summed E-state index contributed by atoms with van der Waals surface area (Å²) in [6, 6.07) is 0. The Morgan fingerprint density at radius 3 is 2.70 bits per heavy atom. The van der Waals surface area contributed by atoms with E-state index in [-0.39, 0.29) is 6.54 Å². The number of rotatable bonds is 6. The van der Waals surface area contributed by atoms with Gasteiger partial charge in [0.2, 0.25) is 0 Å². The van der Waals surface area contributed by atoms with Gasteiger partial charge in [-0.1, -0.05) is 31.4 Å². The Balaban J connectivity index is 3.04. The molecule has 0 aliphatic heterocycles. The maximum absolute atomic E-state index is 9.64. The van der Waals surface area contributed by atoms with Crippen molar-refractivity contribution < 1.29 is 5.11 Å². The first kappa shape index (κ1) is 9.56. The number of hydrogen-bond acceptors (Lipinski definition) is 3. The van der Waals surface area contributed by atoms with Crippen molar-refractivity contribution in [2.75, 3.05) is 6.54 Å². The molecule has 1 unspecified atom stereocenters. The molecule has 0 rings (SSSR count). The first-order valence-electron chi connectivity index (χ1n) is 3.78. The van der Waals surface area contributed by atoms with Crippen LogP contribution < -0.4 is 0 Å². The van der Waals surface area contributed by atoms with Gasteiger partial charge in [-0.05, 0) is 6.42 Å². The smallest absolute Gasteiger partial charge is 0.107 e. The first-order valence-corrected chi connectivity index (χ1v) is 3.78. The predicted molar refractivity (Wildman–Crippen MR) is 40.8 cm³/mol. The van der Waals surface area contributed by atoms with E-state index in [1.807, 2.05) is 0 Å². The second-order valence-electron chi connectivity index (χ2n) is 2.46. The molecular weight excluding hydrogens is 130 g/mol. The molecule has 0 amide bonds. The van der Waals surface area contributed by atoms with Crippen molar-refractivity contribution in [1.82, 2.24) is 0 Å². The molecule has 10 heavy (non-hydrogen) atoms. The molecule has 60 valence electrons. The molecule has 0 aromatic carbocycles. The van der Waals surface area contributed by atoms with Gasteiger partial charge in [-0.2, -0.15) is 4.91 Å². The molecule has 0 spiro atoms. The van der Waals surface area contributed by atoms with Gasteiger partial charge in [-0.3, -0.25) is 0 Å². The molecule has 0 aliphatic rings. The van der Waals surface area contributed by atoms with Gasteiger partial charge in [0.25, 0.3) is 0 Å². The standard InChI is InChI=1S/C7H15NO2/c1-2-3-4-5-7(9)6-8-10/h7,9H,2-6H2,1H3. The fourth-order valence-corrected chi connectivity index (χ4v) is 0.807. The van der Waals surface area contributed by atoms with Crippen molar-refractivity contribution in [2.24, 2.45) is 5.18 Å². The second-order valence-corrected chi connectivity index (χ2v) is 2.46. The lowest BCUT2D eigenvalue weighted by atomic mass is 10.1. The van der Waals surface area contributed by atoms with Crippen molar-refractivity contribution in [3.8, 4) is 0 Å². The summed E-state index contributed by atoms with van der Waals surface area (Å²) < 4.78 is 0. The molecule has 0 aliphatic carbocycles. The number of hydrogen-bond donors (Lipinski definition) is 1. The number of aliphatic hydroxyl groups excluding tert-OH is 1. The van der Waals surface area contributed by atoms with Gasteiger partial charge in [0, 0.05) is 0 Å². The Kier molecular flexibility index (Phi) is 6.38. The normalized spacial score (nSPS) is 13.0. The summed E-state index contributed by atoms with van der Waals surface area (Å²) in [6.45, 7) is 2.15. The molecule has 3 heteroatoms. The summed E-state index contributed by atoms with van der Waals surface area (Å²) in [4.78, 5) is 9.64. The lowest BCUT2D eigenvalue weighted by Crippen LogP contribution is -2.09. The lowest BCUT2D eigenvalue weighted by molar-refractivity contribution is 0.169. The Morgan fingerprint density at radius 1 is 1.50 bits per heavy atom. The van der Waals surface area contributed by atoms with Crippen LogP contribution in [0.5, 0.6) is 0 Å². The SMILES string of the molecule is CCCCCC(O)CN=O. The van der Waals surface area contributed by atoms with Crippen LogP contribution in [0.3, 0.4) is 0 Å². The van der Waals surface area contributed by atoms with E-state index in [2.05, 4.69) is 12.1 Å². The van der Waals surface area contributed by atoms with Crippen molar-refractivity contribution in [1.29, 1.82) is 0 Å². The summed E-state index contributed by atoms with van der Waals surface area (Å²) in [5.41, 5.74) is 0. The van der Waals surface area contributed by atoms with Crippen LogP contribution in [0.25, 0.3) is 0 Å². The largest absolute Gasteiger partial charge is 0.391 e. The number of aliphatic hydroxyl groups is 1. The van der Waals surface area contributed by atoms with Crippen molar-refractivity contribution in [3.05, 3.63) is 4.91 Å². The van der Waals surface area contributed by atoms with E-state index in [0.717, 1.165) is 19.3 Å². The third-order valence-corrected chi connectivity index (χ3v) is 1.43. The van der Waals surface area contributed by atoms with Gasteiger partial charge in [0.15, 0.2) is 0 Å². The predicted octanol–water partition coefficient (Wildman–Crippen LogP) is 1.69. The summed E-state index contributed by atoms with van der Waals surface area (Å²) in [6.07, 6.45) is 3.45. The minimum Gasteiger partial charge on any atom is -0.391 e. The van der Waals surface area contributed by atoms with Crippen LogP contribution >= 0.6 is 0 Å². The topological polar surface area (TPSA) is 49.7 Å². The molecule has 0 saturated carbocycles. The van der Waals surface area contributed by atoms with Gasteiger partial charge >= 0.3 is 0 Å². The zero-order chi connectivity index (χ0) is 7.82. The van der Waals surface area contributed by atoms with E-state index in [9.17, 15) is 4.91 Å². The third-order valence-electron chi connectivity index (χ3n) is 1.43. The van der Waals surface area contributed by atoms with Gasteiger partial charge in [-0.15, -0.1) is 0 Å². The highest BCUT2D eigenvalue weighted by Crippen LogP contribution is 2.02. The summed E-state index contributed by atoms with van der Waals surface area (Å²) in [5.74, 6) is 0. The number of nitrogens with zero attached hydrogens (tertiary/aromatic N) is 1. The zero-order valence-corrected chi connectivity index (χ0v) is 6.42. The van der Waals surface area contributed by atoms with Crippen molar-refractivity contribution >= 4 is 0 Å². The summed E-state index contributed by atoms with van der Waals surface area (Å²) in [7, 11) is 0. The van der Waals surface area contributed by atoms with Gasteiger partial charge < -0.3 is 5.11 Å². The fourth-order valence-electron chi connectivity index (χ4n) is 0.807. The minimum absolute atomic E-state index is 0.0454. The molecular formula is C7H15NO2. The quantitative estimate of drug-likeness (QED) is 0.456. The maximum atomic E-state index is 9.64. The Morgan fingerprint density at radius 2 is 2.20 bits per heavy atom. The van der Waals surface area contributed by atoms with Crippen LogP contribution in [0.4, 0.5) is 0 Å². The van der Waals surface area contributed by atoms with Gasteiger partial charge in [0.05, 0.1) is 6.10 Å². The highest BCUT2D eigenvalue weighted by Gasteiger charge is 2.01. The summed E-state index contributed by atoms with van der Waals surface area (Å²) >= 11 is 0. The number of unbranched alkanes of at least 4 members (excludes halogenated alkanes) is 2. The molecule has 3 nitrogen and oxygen atoms in total. The van der Waals surface area contributed by atoms with E-state index in [1.165, 1.54) is 0 Å². The van der Waals surface area contributed by atoms with Crippen molar-refractivity contribution in [2.45, 2.75) is 38.7 Å². The van der Waals surface area contributed by atoms with Crippen LogP contribution in [-0.2, 0) is 0 Å². The van der Waals surface area contributed by atoms with Gasteiger partial charge in [0.1, 0.15) is 6.54 Å². The molecule has 0 fully saturated rings. The van der Waals surface area contributed by atoms with Crippen LogP contribution in [0.2, 0.25) is 0 Å². The molecule has 0 heterocycles. The van der Waals surface area contributed by atoms with Crippen LogP contribution in [-0.4, -0.2) is 17.8 Å². The van der Waals surface area contributed by atoms with E-state index in [1.54, 1.807) is 0 Å². The molecule has 1 atom stereocenters. The lowest BCUT2D eigenvalue weighted by Gasteiger charge is -2.03. The van der Waals surface area contributed by atoms with Crippen LogP contribution in [0.1, 0.15) is 32.6 Å². The average Bonchev–Trinajstić information content (AvgIpc) is 1.89. The molecule has 1 N–H and O–H groups in total. The highest BCUT2D eigenvalue weighted by atomic mass is 16.3. The Hall–Kier alpha value is -0.440. The van der Waals surface area contributed by atoms with E-state index in [0.29, 0.717) is 6.42 Å². The first-order chi connectivity index (χ1) is 4.81.